The van der Waals surface area contributed by atoms with Crippen LogP contribution in [0.3, 0.4) is 0 Å². The van der Waals surface area contributed by atoms with Gasteiger partial charge in [-0.1, -0.05) is 28.1 Å². The fourth-order valence-corrected chi connectivity index (χ4v) is 2.59. The third kappa shape index (κ3) is 0.511. The summed E-state index contributed by atoms with van der Waals surface area (Å²) in [7, 11) is 0. The second-order valence-electron chi connectivity index (χ2n) is 2.73. The minimum Gasteiger partial charge on any atom is -0.0878 e. The highest BCUT2D eigenvalue weighted by Crippen LogP contribution is 2.43. The molecular weight excluding hydrogens is 164 g/mol. The van der Waals surface area contributed by atoms with Crippen LogP contribution in [0.15, 0.2) is 12.2 Å². The van der Waals surface area contributed by atoms with Crippen molar-refractivity contribution in [1.29, 1.82) is 0 Å². The zero-order chi connectivity index (χ0) is 5.56. The van der Waals surface area contributed by atoms with Gasteiger partial charge in [0.25, 0.3) is 0 Å². The van der Waals surface area contributed by atoms with Crippen LogP contribution in [0.5, 0.6) is 0 Å². The van der Waals surface area contributed by atoms with E-state index in [0.29, 0.717) is 0 Å². The maximum atomic E-state index is 3.67. The average molecular weight is 173 g/mol. The molecule has 1 unspecified atom stereocenters. The van der Waals surface area contributed by atoms with Gasteiger partial charge in [-0.15, -0.1) is 0 Å². The molecule has 0 aromatic carbocycles. The first-order valence-electron chi connectivity index (χ1n) is 3.20. The van der Waals surface area contributed by atoms with Gasteiger partial charge in [0.2, 0.25) is 0 Å². The molecule has 1 saturated carbocycles. The van der Waals surface area contributed by atoms with Crippen LogP contribution in [0.25, 0.3) is 0 Å². The molecule has 0 aliphatic heterocycles. The van der Waals surface area contributed by atoms with Crippen molar-refractivity contribution in [2.24, 2.45) is 11.8 Å². The number of halogens is 1. The Balaban J connectivity index is 2.27. The molecule has 2 aliphatic carbocycles. The van der Waals surface area contributed by atoms with Crippen molar-refractivity contribution in [2.45, 2.75) is 17.7 Å². The Morgan fingerprint density at radius 3 is 1.75 bits per heavy atom. The molecule has 1 heteroatoms. The number of alkyl halides is 1. The second kappa shape index (κ2) is 1.60. The Labute approximate surface area is 58.1 Å². The first kappa shape index (κ1) is 5.04. The van der Waals surface area contributed by atoms with Gasteiger partial charge < -0.3 is 0 Å². The van der Waals surface area contributed by atoms with E-state index in [0.717, 1.165) is 16.7 Å². The van der Waals surface area contributed by atoms with Gasteiger partial charge in [-0.2, -0.15) is 0 Å². The minimum absolute atomic E-state index is 0.794. The third-order valence-electron chi connectivity index (χ3n) is 2.26. The molecule has 0 nitrogen and oxygen atoms in total. The molecule has 0 aromatic rings. The maximum Gasteiger partial charge on any atom is 0.0271 e. The van der Waals surface area contributed by atoms with Gasteiger partial charge in [-0.25, -0.2) is 0 Å². The molecule has 0 amide bonds. The molecule has 3 atom stereocenters. The molecule has 0 saturated heterocycles. The Bertz CT molecular complexity index is 114. The molecule has 0 aromatic heterocycles. The fraction of sp³-hybridized carbons (Fsp3) is 0.714. The molecule has 2 rings (SSSR count). The number of hydrogen-bond acceptors (Lipinski definition) is 0. The highest BCUT2D eigenvalue weighted by Gasteiger charge is 2.35. The van der Waals surface area contributed by atoms with Gasteiger partial charge in [-0.3, -0.25) is 0 Å². The number of fused-ring (bicyclic) bond motifs is 2. The zero-order valence-corrected chi connectivity index (χ0v) is 6.26. The molecule has 2 bridgehead atoms. The van der Waals surface area contributed by atoms with Crippen molar-refractivity contribution in [3.63, 3.8) is 0 Å². The molecule has 0 N–H and O–H groups in total. The largest absolute Gasteiger partial charge is 0.0878 e. The Kier molecular flexibility index (Phi) is 1.01. The predicted molar refractivity (Wildman–Crippen MR) is 38.1 cm³/mol. The van der Waals surface area contributed by atoms with Crippen LogP contribution in [0.1, 0.15) is 12.8 Å². The molecular formula is C7H9Br. The van der Waals surface area contributed by atoms with Gasteiger partial charge in [0.05, 0.1) is 0 Å². The summed E-state index contributed by atoms with van der Waals surface area (Å²) in [4.78, 5) is 0.794. The summed E-state index contributed by atoms with van der Waals surface area (Å²) < 4.78 is 0. The summed E-state index contributed by atoms with van der Waals surface area (Å²) in [5.41, 5.74) is 0. The lowest BCUT2D eigenvalue weighted by Gasteiger charge is -2.02. The smallest absolute Gasteiger partial charge is 0.0271 e. The van der Waals surface area contributed by atoms with E-state index >= 15 is 0 Å². The van der Waals surface area contributed by atoms with Crippen molar-refractivity contribution in [2.75, 3.05) is 0 Å². The van der Waals surface area contributed by atoms with Gasteiger partial charge in [-0.05, 0) is 24.7 Å². The van der Waals surface area contributed by atoms with Gasteiger partial charge in [0.15, 0.2) is 0 Å². The van der Waals surface area contributed by atoms with Crippen molar-refractivity contribution in [3.05, 3.63) is 12.2 Å². The Morgan fingerprint density at radius 1 is 1.12 bits per heavy atom. The molecule has 44 valence electrons. The van der Waals surface area contributed by atoms with E-state index in [-0.39, 0.29) is 0 Å². The molecule has 8 heavy (non-hydrogen) atoms. The molecule has 2 aliphatic rings. The number of rotatable bonds is 0. The lowest BCUT2D eigenvalue weighted by molar-refractivity contribution is 0.705. The SMILES string of the molecule is BrC1[C@@H]2C=C[C@H]1CC2. The molecule has 0 heterocycles. The van der Waals surface area contributed by atoms with Crippen LogP contribution in [-0.2, 0) is 0 Å². The minimum atomic E-state index is 0.794. The summed E-state index contributed by atoms with van der Waals surface area (Å²) in [6, 6.07) is 0. The highest BCUT2D eigenvalue weighted by molar-refractivity contribution is 9.09. The summed E-state index contributed by atoms with van der Waals surface area (Å²) >= 11 is 3.67. The quantitative estimate of drug-likeness (QED) is 0.389. The van der Waals surface area contributed by atoms with Crippen LogP contribution in [0, 0.1) is 11.8 Å². The van der Waals surface area contributed by atoms with E-state index in [1.54, 1.807) is 0 Å². The fourth-order valence-electron chi connectivity index (χ4n) is 1.71. The van der Waals surface area contributed by atoms with Gasteiger partial charge >= 0.3 is 0 Å². The van der Waals surface area contributed by atoms with E-state index in [4.69, 9.17) is 0 Å². The number of allylic oxidation sites excluding steroid dienone is 2. The van der Waals surface area contributed by atoms with E-state index in [1.807, 2.05) is 0 Å². The van der Waals surface area contributed by atoms with E-state index in [1.165, 1.54) is 12.8 Å². The number of hydrogen-bond donors (Lipinski definition) is 0. The van der Waals surface area contributed by atoms with Gasteiger partial charge in [0.1, 0.15) is 0 Å². The third-order valence-corrected chi connectivity index (χ3v) is 3.61. The Hall–Kier alpha value is 0.220. The van der Waals surface area contributed by atoms with E-state index in [9.17, 15) is 0 Å². The molecule has 0 radical (unpaired) electrons. The van der Waals surface area contributed by atoms with E-state index in [2.05, 4.69) is 28.1 Å². The van der Waals surface area contributed by atoms with Crippen molar-refractivity contribution >= 4 is 15.9 Å². The average Bonchev–Trinajstić information content (AvgIpc) is 2.29. The summed E-state index contributed by atoms with van der Waals surface area (Å²) in [5.74, 6) is 1.75. The van der Waals surface area contributed by atoms with Crippen LogP contribution in [-0.4, -0.2) is 4.83 Å². The normalized spacial score (nSPS) is 50.9. The van der Waals surface area contributed by atoms with Crippen LogP contribution in [0.4, 0.5) is 0 Å². The molecule has 0 spiro atoms. The highest BCUT2D eigenvalue weighted by atomic mass is 79.9. The second-order valence-corrected chi connectivity index (χ2v) is 3.79. The predicted octanol–water partition coefficient (Wildman–Crippen LogP) is 2.35. The standard InChI is InChI=1S/C7H9Br/c8-7-5-1-2-6(7)4-3-5/h1-2,5-7H,3-4H2/t5-,6+,7?. The first-order valence-corrected chi connectivity index (χ1v) is 4.12. The van der Waals surface area contributed by atoms with Crippen LogP contribution in [0.2, 0.25) is 0 Å². The van der Waals surface area contributed by atoms with Crippen molar-refractivity contribution in [3.8, 4) is 0 Å². The van der Waals surface area contributed by atoms with Crippen LogP contribution < -0.4 is 0 Å². The summed E-state index contributed by atoms with van der Waals surface area (Å²) in [5, 5.41) is 0. The van der Waals surface area contributed by atoms with Gasteiger partial charge in [0, 0.05) is 4.83 Å². The van der Waals surface area contributed by atoms with Crippen molar-refractivity contribution in [1.82, 2.24) is 0 Å². The lowest BCUT2D eigenvalue weighted by atomic mass is 10.1. The Morgan fingerprint density at radius 2 is 1.62 bits per heavy atom. The topological polar surface area (TPSA) is 0 Å². The monoisotopic (exact) mass is 172 g/mol. The van der Waals surface area contributed by atoms with E-state index < -0.39 is 0 Å². The molecule has 1 fully saturated rings. The first-order chi connectivity index (χ1) is 3.88. The van der Waals surface area contributed by atoms with Crippen LogP contribution >= 0.6 is 15.9 Å². The summed E-state index contributed by atoms with van der Waals surface area (Å²) in [6.45, 7) is 0. The zero-order valence-electron chi connectivity index (χ0n) is 4.68. The maximum absolute atomic E-state index is 3.67. The lowest BCUT2D eigenvalue weighted by Crippen LogP contribution is -2.02. The van der Waals surface area contributed by atoms with Crippen molar-refractivity contribution < 1.29 is 0 Å². The summed E-state index contributed by atoms with van der Waals surface area (Å²) in [6.07, 6.45) is 7.54.